The van der Waals surface area contributed by atoms with E-state index in [1.165, 1.54) is 32.2 Å². The van der Waals surface area contributed by atoms with Gasteiger partial charge in [-0.05, 0) is 31.7 Å². The molecule has 0 saturated carbocycles. The molecule has 0 aromatic carbocycles. The quantitative estimate of drug-likeness (QED) is 0.720. The van der Waals surface area contributed by atoms with Gasteiger partial charge in [-0.3, -0.25) is 0 Å². The molecule has 0 aromatic rings. The van der Waals surface area contributed by atoms with Crippen LogP contribution >= 0.6 is 15.9 Å². The average Bonchev–Trinajstić information content (AvgIpc) is 2.07. The van der Waals surface area contributed by atoms with Gasteiger partial charge in [0, 0.05) is 11.4 Å². The Bertz CT molecular complexity index is 99.7. The molecular formula is C9H18BrN. The molecule has 0 bridgehead atoms. The summed E-state index contributed by atoms with van der Waals surface area (Å²) in [5.41, 5.74) is 0. The minimum absolute atomic E-state index is 0.793. The van der Waals surface area contributed by atoms with Crippen molar-refractivity contribution in [3.8, 4) is 0 Å². The first-order valence-corrected chi connectivity index (χ1v) is 5.76. The molecule has 1 nitrogen and oxygen atoms in total. The molecule has 2 atom stereocenters. The van der Waals surface area contributed by atoms with Crippen molar-refractivity contribution in [2.75, 3.05) is 11.9 Å². The second-order valence-corrected chi connectivity index (χ2v) is 4.30. The first-order chi connectivity index (χ1) is 5.34. The number of alkyl halides is 1. The van der Waals surface area contributed by atoms with E-state index in [1.54, 1.807) is 0 Å². The van der Waals surface area contributed by atoms with Crippen LogP contribution in [0.1, 0.15) is 32.6 Å². The SMILES string of the molecule is CC(CCBr)C1CCCCN1. The summed E-state index contributed by atoms with van der Waals surface area (Å²) >= 11 is 3.49. The zero-order valence-corrected chi connectivity index (χ0v) is 8.86. The van der Waals surface area contributed by atoms with E-state index in [-0.39, 0.29) is 0 Å². The average molecular weight is 220 g/mol. The Hall–Kier alpha value is 0.440. The van der Waals surface area contributed by atoms with Gasteiger partial charge in [0.1, 0.15) is 0 Å². The van der Waals surface area contributed by atoms with Crippen LogP contribution in [-0.2, 0) is 0 Å². The summed E-state index contributed by atoms with van der Waals surface area (Å²) in [6.07, 6.45) is 5.48. The predicted octanol–water partition coefficient (Wildman–Crippen LogP) is 2.55. The Balaban J connectivity index is 2.21. The van der Waals surface area contributed by atoms with Gasteiger partial charge in [0.2, 0.25) is 0 Å². The van der Waals surface area contributed by atoms with E-state index < -0.39 is 0 Å². The van der Waals surface area contributed by atoms with Gasteiger partial charge in [-0.15, -0.1) is 0 Å². The predicted molar refractivity (Wildman–Crippen MR) is 53.2 cm³/mol. The lowest BCUT2D eigenvalue weighted by atomic mass is 9.92. The first kappa shape index (κ1) is 9.53. The van der Waals surface area contributed by atoms with E-state index in [0.29, 0.717) is 0 Å². The van der Waals surface area contributed by atoms with Gasteiger partial charge in [0.15, 0.2) is 0 Å². The third-order valence-corrected chi connectivity index (χ3v) is 3.06. The Morgan fingerprint density at radius 1 is 1.55 bits per heavy atom. The summed E-state index contributed by atoms with van der Waals surface area (Å²) in [7, 11) is 0. The summed E-state index contributed by atoms with van der Waals surface area (Å²) in [6, 6.07) is 0.793. The van der Waals surface area contributed by atoms with Gasteiger partial charge in [0.05, 0.1) is 0 Å². The molecule has 1 heterocycles. The molecule has 0 amide bonds. The first-order valence-electron chi connectivity index (χ1n) is 4.64. The van der Waals surface area contributed by atoms with Crippen LogP contribution in [0.4, 0.5) is 0 Å². The second kappa shape index (κ2) is 5.15. The molecule has 1 fully saturated rings. The smallest absolute Gasteiger partial charge is 0.00929 e. The maximum atomic E-state index is 3.58. The normalized spacial score (nSPS) is 28.4. The molecule has 11 heavy (non-hydrogen) atoms. The number of hydrogen-bond donors (Lipinski definition) is 1. The Morgan fingerprint density at radius 3 is 2.91 bits per heavy atom. The van der Waals surface area contributed by atoms with Crippen LogP contribution in [0.5, 0.6) is 0 Å². The van der Waals surface area contributed by atoms with E-state index in [0.717, 1.165) is 17.3 Å². The standard InChI is InChI=1S/C9H18BrN/c1-8(5-6-10)9-4-2-3-7-11-9/h8-9,11H,2-7H2,1H3. The summed E-state index contributed by atoms with van der Waals surface area (Å²) in [5.74, 6) is 0.842. The van der Waals surface area contributed by atoms with E-state index in [1.807, 2.05) is 0 Å². The molecule has 1 aliphatic rings. The fraction of sp³-hybridized carbons (Fsp3) is 1.00. The van der Waals surface area contributed by atoms with E-state index in [2.05, 4.69) is 28.2 Å². The van der Waals surface area contributed by atoms with E-state index >= 15 is 0 Å². The van der Waals surface area contributed by atoms with Gasteiger partial charge in [-0.2, -0.15) is 0 Å². The molecule has 2 heteroatoms. The molecule has 0 radical (unpaired) electrons. The summed E-state index contributed by atoms with van der Waals surface area (Å²) in [4.78, 5) is 0. The largest absolute Gasteiger partial charge is 0.314 e. The van der Waals surface area contributed by atoms with Crippen molar-refractivity contribution in [3.63, 3.8) is 0 Å². The number of hydrogen-bond acceptors (Lipinski definition) is 1. The lowest BCUT2D eigenvalue weighted by molar-refractivity contribution is 0.306. The van der Waals surface area contributed by atoms with Gasteiger partial charge in [-0.1, -0.05) is 29.3 Å². The number of piperidine rings is 1. The van der Waals surface area contributed by atoms with Gasteiger partial charge >= 0.3 is 0 Å². The van der Waals surface area contributed by atoms with Crippen LogP contribution in [0.3, 0.4) is 0 Å². The molecule has 2 unspecified atom stereocenters. The van der Waals surface area contributed by atoms with Gasteiger partial charge in [-0.25, -0.2) is 0 Å². The van der Waals surface area contributed by atoms with Crippen molar-refractivity contribution in [1.82, 2.24) is 5.32 Å². The van der Waals surface area contributed by atoms with Crippen molar-refractivity contribution < 1.29 is 0 Å². The van der Waals surface area contributed by atoms with Crippen molar-refractivity contribution in [1.29, 1.82) is 0 Å². The molecule has 1 saturated heterocycles. The fourth-order valence-electron chi connectivity index (χ4n) is 1.74. The molecule has 0 aromatic heterocycles. The molecule has 0 spiro atoms. The van der Waals surface area contributed by atoms with Crippen molar-refractivity contribution in [3.05, 3.63) is 0 Å². The molecule has 1 rings (SSSR count). The number of nitrogens with one attached hydrogen (secondary N) is 1. The minimum Gasteiger partial charge on any atom is -0.314 e. The molecular weight excluding hydrogens is 202 g/mol. The lowest BCUT2D eigenvalue weighted by Gasteiger charge is -2.28. The van der Waals surface area contributed by atoms with Crippen LogP contribution < -0.4 is 5.32 Å². The number of rotatable bonds is 3. The highest BCUT2D eigenvalue weighted by Crippen LogP contribution is 2.18. The summed E-state index contributed by atoms with van der Waals surface area (Å²) < 4.78 is 0. The Labute approximate surface area is 78.1 Å². The zero-order valence-electron chi connectivity index (χ0n) is 7.28. The molecule has 0 aliphatic carbocycles. The van der Waals surface area contributed by atoms with Gasteiger partial charge < -0.3 is 5.32 Å². The topological polar surface area (TPSA) is 12.0 Å². The van der Waals surface area contributed by atoms with Crippen LogP contribution in [0.15, 0.2) is 0 Å². The highest BCUT2D eigenvalue weighted by atomic mass is 79.9. The van der Waals surface area contributed by atoms with Crippen LogP contribution in [0, 0.1) is 5.92 Å². The maximum absolute atomic E-state index is 3.58. The molecule has 1 aliphatic heterocycles. The maximum Gasteiger partial charge on any atom is 0.00929 e. The van der Waals surface area contributed by atoms with E-state index in [9.17, 15) is 0 Å². The van der Waals surface area contributed by atoms with Crippen LogP contribution in [-0.4, -0.2) is 17.9 Å². The van der Waals surface area contributed by atoms with Crippen molar-refractivity contribution in [2.45, 2.75) is 38.6 Å². The van der Waals surface area contributed by atoms with Crippen molar-refractivity contribution >= 4 is 15.9 Å². The Morgan fingerprint density at radius 2 is 2.36 bits per heavy atom. The third-order valence-electron chi connectivity index (χ3n) is 2.60. The van der Waals surface area contributed by atoms with Gasteiger partial charge in [0.25, 0.3) is 0 Å². The minimum atomic E-state index is 0.793. The van der Waals surface area contributed by atoms with Crippen LogP contribution in [0.2, 0.25) is 0 Å². The highest BCUT2D eigenvalue weighted by molar-refractivity contribution is 9.09. The highest BCUT2D eigenvalue weighted by Gasteiger charge is 2.18. The van der Waals surface area contributed by atoms with E-state index in [4.69, 9.17) is 0 Å². The summed E-state index contributed by atoms with van der Waals surface area (Å²) in [5, 5.41) is 4.73. The molecule has 66 valence electrons. The Kier molecular flexibility index (Phi) is 4.46. The zero-order chi connectivity index (χ0) is 8.10. The van der Waals surface area contributed by atoms with Crippen LogP contribution in [0.25, 0.3) is 0 Å². The third kappa shape index (κ3) is 3.12. The lowest BCUT2D eigenvalue weighted by Crippen LogP contribution is -2.38. The monoisotopic (exact) mass is 219 g/mol. The fourth-order valence-corrected chi connectivity index (χ4v) is 2.46. The summed E-state index contributed by atoms with van der Waals surface area (Å²) in [6.45, 7) is 3.58. The second-order valence-electron chi connectivity index (χ2n) is 3.51. The number of halogens is 1. The molecule has 1 N–H and O–H groups in total. The van der Waals surface area contributed by atoms with Crippen molar-refractivity contribution in [2.24, 2.45) is 5.92 Å².